The molecule has 4 aromatic rings. The molecule has 16 heteroatoms. The Morgan fingerprint density at radius 3 is 2.59 bits per heavy atom. The van der Waals surface area contributed by atoms with E-state index in [9.17, 15) is 31.5 Å². The van der Waals surface area contributed by atoms with Gasteiger partial charge in [-0.25, -0.2) is 9.67 Å². The molecule has 0 fully saturated rings. The Hall–Kier alpha value is -4.57. The minimum atomic E-state index is -4.73. The molecule has 1 atom stereocenters. The molecule has 12 nitrogen and oxygen atoms in total. The van der Waals surface area contributed by atoms with Gasteiger partial charge in [0.1, 0.15) is 11.3 Å². The summed E-state index contributed by atoms with van der Waals surface area (Å²) in [5, 5.41) is 6.55. The first-order chi connectivity index (χ1) is 18.3. The van der Waals surface area contributed by atoms with Crippen LogP contribution in [0.5, 0.6) is 5.75 Å². The maximum atomic E-state index is 13.3. The average molecular weight is 563 g/mol. The maximum Gasteiger partial charge on any atom is 0.435 e. The van der Waals surface area contributed by atoms with Crippen LogP contribution < -0.4 is 20.3 Å². The molecule has 1 amide bonds. The molecule has 0 spiro atoms. The number of amides is 1. The number of nitrogens with one attached hydrogen (secondary N) is 2. The highest BCUT2D eigenvalue weighted by molar-refractivity contribution is 7.77. The first-order valence-electron chi connectivity index (χ1n) is 10.9. The molecule has 0 aliphatic heterocycles. The summed E-state index contributed by atoms with van der Waals surface area (Å²) in [6.45, 7) is 1.83. The number of halogens is 3. The van der Waals surface area contributed by atoms with Crippen molar-refractivity contribution >= 4 is 28.8 Å². The number of rotatable bonds is 7. The van der Waals surface area contributed by atoms with Gasteiger partial charge >= 0.3 is 6.18 Å². The highest BCUT2D eigenvalue weighted by atomic mass is 32.2. The first kappa shape index (κ1) is 27.5. The third kappa shape index (κ3) is 6.12. The van der Waals surface area contributed by atoms with E-state index in [4.69, 9.17) is 4.74 Å². The second-order valence-corrected chi connectivity index (χ2v) is 8.84. The summed E-state index contributed by atoms with van der Waals surface area (Å²) in [6.07, 6.45) is -1.13. The van der Waals surface area contributed by atoms with Crippen molar-refractivity contribution in [2.45, 2.75) is 13.1 Å². The van der Waals surface area contributed by atoms with Gasteiger partial charge in [0.05, 0.1) is 7.11 Å². The maximum absolute atomic E-state index is 13.3. The number of aryl methyl sites for hydroxylation is 2. The van der Waals surface area contributed by atoms with Crippen LogP contribution in [0.1, 0.15) is 21.6 Å². The fourth-order valence-corrected chi connectivity index (χ4v) is 3.89. The molecule has 3 heterocycles. The van der Waals surface area contributed by atoms with Crippen molar-refractivity contribution in [2.24, 2.45) is 7.05 Å². The Kier molecular flexibility index (Phi) is 7.51. The summed E-state index contributed by atoms with van der Waals surface area (Å²) in [6, 6.07) is 7.07. The zero-order valence-electron chi connectivity index (χ0n) is 20.4. The Balaban J connectivity index is 1.87. The van der Waals surface area contributed by atoms with Gasteiger partial charge in [0.15, 0.2) is 11.5 Å². The third-order valence-corrected chi connectivity index (χ3v) is 5.67. The van der Waals surface area contributed by atoms with Crippen LogP contribution in [0.4, 0.5) is 24.8 Å². The predicted octanol–water partition coefficient (Wildman–Crippen LogP) is 2.63. The molecule has 39 heavy (non-hydrogen) atoms. The van der Waals surface area contributed by atoms with Gasteiger partial charge in [0.25, 0.3) is 11.5 Å². The molecule has 204 valence electrons. The van der Waals surface area contributed by atoms with Gasteiger partial charge in [-0.15, -0.1) is 0 Å². The number of carbonyl (C=O) groups excluding carboxylic acids is 1. The van der Waals surface area contributed by atoms with Crippen LogP contribution in [0.2, 0.25) is 0 Å². The van der Waals surface area contributed by atoms with Crippen LogP contribution in [0.3, 0.4) is 0 Å². The minimum Gasteiger partial charge on any atom is -0.755 e. The summed E-state index contributed by atoms with van der Waals surface area (Å²) >= 11 is -2.99. The molecular weight excluding hydrogens is 543 g/mol. The molecule has 1 unspecified atom stereocenters. The van der Waals surface area contributed by atoms with E-state index in [1.54, 1.807) is 22.9 Å². The number of pyridine rings is 1. The van der Waals surface area contributed by atoms with Crippen molar-refractivity contribution in [3.05, 3.63) is 76.1 Å². The van der Waals surface area contributed by atoms with Crippen LogP contribution in [0, 0.1) is 6.92 Å². The van der Waals surface area contributed by atoms with E-state index in [-0.39, 0.29) is 22.9 Å². The number of ether oxygens (including phenoxy) is 1. The van der Waals surface area contributed by atoms with Crippen LogP contribution in [0.15, 0.2) is 53.7 Å². The zero-order valence-corrected chi connectivity index (χ0v) is 21.3. The summed E-state index contributed by atoms with van der Waals surface area (Å²) in [7, 11) is 2.81. The van der Waals surface area contributed by atoms with Gasteiger partial charge in [-0.05, 0) is 36.8 Å². The lowest BCUT2D eigenvalue weighted by molar-refractivity contribution is -0.141. The van der Waals surface area contributed by atoms with E-state index in [0.29, 0.717) is 11.4 Å². The topological polar surface area (TPSA) is 156 Å². The molecular formula is C23H19F3N7O5S-. The van der Waals surface area contributed by atoms with E-state index in [1.807, 2.05) is 6.92 Å². The molecule has 0 aliphatic carbocycles. The van der Waals surface area contributed by atoms with Gasteiger partial charge in [0.2, 0.25) is 5.95 Å². The largest absolute Gasteiger partial charge is 0.755 e. The summed E-state index contributed by atoms with van der Waals surface area (Å²) in [4.78, 5) is 33.4. The zero-order chi connectivity index (χ0) is 28.5. The normalized spacial score (nSPS) is 12.2. The van der Waals surface area contributed by atoms with Crippen LogP contribution >= 0.6 is 0 Å². The number of aromatic nitrogens is 5. The second kappa shape index (κ2) is 10.7. The van der Waals surface area contributed by atoms with E-state index in [0.717, 1.165) is 33.1 Å². The first-order valence-corrected chi connectivity index (χ1v) is 12.0. The fourth-order valence-electron chi connectivity index (χ4n) is 3.62. The lowest BCUT2D eigenvalue weighted by Gasteiger charge is -2.14. The lowest BCUT2D eigenvalue weighted by atomic mass is 10.1. The summed E-state index contributed by atoms with van der Waals surface area (Å²) < 4.78 is 70.5. The van der Waals surface area contributed by atoms with Crippen LogP contribution in [-0.2, 0) is 24.5 Å². The van der Waals surface area contributed by atoms with Crippen molar-refractivity contribution in [3.8, 4) is 22.7 Å². The molecule has 4 rings (SSSR count). The third-order valence-electron chi connectivity index (χ3n) is 5.32. The molecule has 0 bridgehead atoms. The predicted molar refractivity (Wildman–Crippen MR) is 132 cm³/mol. The number of benzene rings is 1. The van der Waals surface area contributed by atoms with Gasteiger partial charge < -0.3 is 19.2 Å². The Morgan fingerprint density at radius 1 is 1.21 bits per heavy atom. The molecule has 0 saturated heterocycles. The van der Waals surface area contributed by atoms with E-state index >= 15 is 0 Å². The monoisotopic (exact) mass is 562 g/mol. The van der Waals surface area contributed by atoms with Crippen molar-refractivity contribution in [2.75, 3.05) is 12.4 Å². The van der Waals surface area contributed by atoms with Crippen LogP contribution in [-0.4, -0.2) is 46.1 Å². The number of anilines is 2. The number of hydrogen-bond acceptors (Lipinski definition) is 9. The quantitative estimate of drug-likeness (QED) is 0.323. The second-order valence-electron chi connectivity index (χ2n) is 8.16. The fraction of sp³-hybridized carbons (Fsp3) is 0.174. The standard InChI is InChI=1S/C23H20F3N7O5S/c1-12-6-14(9-15(7-12)38-3)28-22-27-10-17(19(29-22)33-5-4-18(30-33)23(24,25)26)13-8-16(20(34)31-39(36)37)21(35)32(2)11-13/h4-11H,1-3H3,(H,31,34)(H,36,37)(H,27,28,29)/p-1. The molecule has 2 N–H and O–H groups in total. The van der Waals surface area contributed by atoms with Crippen molar-refractivity contribution in [1.29, 1.82) is 0 Å². The Labute approximate surface area is 220 Å². The minimum absolute atomic E-state index is 0.00463. The number of hydrogen-bond donors (Lipinski definition) is 2. The van der Waals surface area contributed by atoms with Gasteiger partial charge in [-0.2, -0.15) is 23.3 Å². The summed E-state index contributed by atoms with van der Waals surface area (Å²) in [5.74, 6) is -0.778. The van der Waals surface area contributed by atoms with Gasteiger partial charge in [-0.3, -0.25) is 18.5 Å². The van der Waals surface area contributed by atoms with Gasteiger partial charge in [-0.1, -0.05) is 0 Å². The van der Waals surface area contributed by atoms with Crippen LogP contribution in [0.25, 0.3) is 16.9 Å². The van der Waals surface area contributed by atoms with Crippen molar-refractivity contribution < 1.29 is 31.5 Å². The number of alkyl halides is 3. The molecule has 1 aromatic carbocycles. The van der Waals surface area contributed by atoms with Gasteiger partial charge in [0, 0.05) is 59.8 Å². The van der Waals surface area contributed by atoms with E-state index < -0.39 is 40.2 Å². The number of nitrogens with zero attached hydrogens (tertiary/aromatic N) is 5. The Bertz CT molecular complexity index is 1650. The highest BCUT2D eigenvalue weighted by Gasteiger charge is 2.34. The summed E-state index contributed by atoms with van der Waals surface area (Å²) in [5.41, 5.74) is -0.915. The van der Waals surface area contributed by atoms with E-state index in [1.165, 1.54) is 26.6 Å². The number of carbonyl (C=O) groups is 1. The molecule has 3 aromatic heterocycles. The van der Waals surface area contributed by atoms with Crippen molar-refractivity contribution in [1.82, 2.24) is 29.0 Å². The molecule has 0 saturated carbocycles. The SMILES string of the molecule is COc1cc(C)cc(Nc2ncc(-c3cc(C(=O)NS(=O)[O-])c(=O)n(C)c3)c(-n3ccc(C(F)(F)F)n3)n2)c1. The Morgan fingerprint density at radius 2 is 1.95 bits per heavy atom. The average Bonchev–Trinajstić information content (AvgIpc) is 3.36. The number of methoxy groups -OCH3 is 1. The highest BCUT2D eigenvalue weighted by Crippen LogP contribution is 2.31. The van der Waals surface area contributed by atoms with Crippen molar-refractivity contribution in [3.63, 3.8) is 0 Å². The smallest absolute Gasteiger partial charge is 0.435 e. The van der Waals surface area contributed by atoms with E-state index in [2.05, 4.69) is 20.4 Å². The molecule has 0 radical (unpaired) electrons. The lowest BCUT2D eigenvalue weighted by Crippen LogP contribution is -2.33. The molecule has 0 aliphatic rings.